The van der Waals surface area contributed by atoms with Crippen LogP contribution in [0.15, 0.2) is 18.2 Å². The first-order valence-electron chi connectivity index (χ1n) is 8.94. The molecule has 0 spiro atoms. The summed E-state index contributed by atoms with van der Waals surface area (Å²) in [5, 5.41) is 6.03. The molecule has 1 fully saturated rings. The molecule has 1 saturated carbocycles. The van der Waals surface area contributed by atoms with Crippen LogP contribution < -0.4 is 10.6 Å². The largest absolute Gasteiger partial charge is 0.451 e. The highest BCUT2D eigenvalue weighted by atomic mass is 35.5. The van der Waals surface area contributed by atoms with E-state index in [1.165, 1.54) is 19.1 Å². The molecule has 2 amide bonds. The minimum absolute atomic E-state index is 0.124. The van der Waals surface area contributed by atoms with Gasteiger partial charge in [0.25, 0.3) is 11.8 Å². The van der Waals surface area contributed by atoms with Crippen LogP contribution in [0.5, 0.6) is 0 Å². The van der Waals surface area contributed by atoms with Crippen molar-refractivity contribution in [3.8, 4) is 0 Å². The molecule has 2 N–H and O–H groups in total. The lowest BCUT2D eigenvalue weighted by molar-refractivity contribution is -0.157. The van der Waals surface area contributed by atoms with Crippen molar-refractivity contribution in [2.45, 2.75) is 58.2 Å². The number of esters is 1. The maximum atomic E-state index is 12.5. The molecule has 0 bridgehead atoms. The fraction of sp³-hybridized carbons (Fsp3) is 0.526. The van der Waals surface area contributed by atoms with Gasteiger partial charge in [-0.1, -0.05) is 37.0 Å². The van der Waals surface area contributed by atoms with Crippen LogP contribution in [0.25, 0.3) is 0 Å². The first kappa shape index (κ1) is 21.5. The van der Waals surface area contributed by atoms with Crippen LogP contribution in [0.4, 0.5) is 0 Å². The molecule has 0 saturated heterocycles. The highest BCUT2D eigenvalue weighted by molar-refractivity contribution is 6.36. The van der Waals surface area contributed by atoms with Gasteiger partial charge in [0, 0.05) is 11.1 Å². The molecule has 2 atom stereocenters. The zero-order valence-electron chi connectivity index (χ0n) is 15.6. The lowest BCUT2D eigenvalue weighted by Crippen LogP contribution is -2.46. The van der Waals surface area contributed by atoms with Crippen molar-refractivity contribution in [1.29, 1.82) is 0 Å². The molecule has 0 heterocycles. The number of carbonyl (C=O) groups excluding carboxylic acids is 3. The van der Waals surface area contributed by atoms with E-state index in [1.807, 2.05) is 13.8 Å². The molecule has 0 radical (unpaired) electrons. The summed E-state index contributed by atoms with van der Waals surface area (Å²) in [6.07, 6.45) is 1.33. The monoisotopic (exact) mass is 414 g/mol. The fourth-order valence-electron chi connectivity index (χ4n) is 2.45. The first-order valence-corrected chi connectivity index (χ1v) is 9.69. The predicted octanol–water partition coefficient (Wildman–Crippen LogP) is 3.35. The molecule has 148 valence electrons. The molecular weight excluding hydrogens is 391 g/mol. The summed E-state index contributed by atoms with van der Waals surface area (Å²) < 4.78 is 5.27. The summed E-state index contributed by atoms with van der Waals surface area (Å²) in [4.78, 5) is 37.0. The standard InChI is InChI=1S/C19H24Cl2N2O4/c1-10(2)8-16(19(26)27-11(3)17(24)22-13-5-6-13)23-18(25)14-7-4-12(20)9-15(14)21/h4,7,9-11,13,16H,5-6,8H2,1-3H3,(H,22,24)(H,23,25)/t11-,16+/m0/s1. The van der Waals surface area contributed by atoms with E-state index in [0.717, 1.165) is 12.8 Å². The molecule has 0 unspecified atom stereocenters. The third-order valence-electron chi connectivity index (χ3n) is 4.06. The molecule has 1 aliphatic carbocycles. The van der Waals surface area contributed by atoms with Crippen LogP contribution in [0.2, 0.25) is 10.0 Å². The summed E-state index contributed by atoms with van der Waals surface area (Å²) in [7, 11) is 0. The second-order valence-electron chi connectivity index (χ2n) is 7.14. The molecule has 27 heavy (non-hydrogen) atoms. The van der Waals surface area contributed by atoms with Gasteiger partial charge in [-0.3, -0.25) is 9.59 Å². The summed E-state index contributed by atoms with van der Waals surface area (Å²) in [6.45, 7) is 5.36. The SMILES string of the molecule is CC(C)C[C@@H](NC(=O)c1ccc(Cl)cc1Cl)C(=O)O[C@@H](C)C(=O)NC1CC1. The number of hydrogen-bond acceptors (Lipinski definition) is 4. The van der Waals surface area contributed by atoms with Gasteiger partial charge in [0.05, 0.1) is 10.6 Å². The lowest BCUT2D eigenvalue weighted by atomic mass is 10.0. The van der Waals surface area contributed by atoms with Crippen molar-refractivity contribution < 1.29 is 19.1 Å². The Morgan fingerprint density at radius 3 is 2.41 bits per heavy atom. The van der Waals surface area contributed by atoms with E-state index in [4.69, 9.17) is 27.9 Å². The molecule has 1 aromatic carbocycles. The Morgan fingerprint density at radius 1 is 1.19 bits per heavy atom. The average Bonchev–Trinajstić information content (AvgIpc) is 3.37. The van der Waals surface area contributed by atoms with Crippen LogP contribution in [0.1, 0.15) is 50.4 Å². The highest BCUT2D eigenvalue weighted by Gasteiger charge is 2.30. The molecule has 2 rings (SSSR count). The number of benzene rings is 1. The van der Waals surface area contributed by atoms with Gasteiger partial charge in [-0.15, -0.1) is 0 Å². The summed E-state index contributed by atoms with van der Waals surface area (Å²) in [5.74, 6) is -1.37. The Morgan fingerprint density at radius 2 is 1.85 bits per heavy atom. The van der Waals surface area contributed by atoms with Gasteiger partial charge < -0.3 is 15.4 Å². The lowest BCUT2D eigenvalue weighted by Gasteiger charge is -2.22. The Balaban J connectivity index is 2.03. The minimum atomic E-state index is -0.927. The average molecular weight is 415 g/mol. The summed E-state index contributed by atoms with van der Waals surface area (Å²) in [6, 6.07) is 3.78. The quantitative estimate of drug-likeness (QED) is 0.638. The van der Waals surface area contributed by atoms with E-state index in [9.17, 15) is 14.4 Å². The molecule has 0 aliphatic heterocycles. The maximum Gasteiger partial charge on any atom is 0.329 e. The third-order valence-corrected chi connectivity index (χ3v) is 4.61. The van der Waals surface area contributed by atoms with Crippen molar-refractivity contribution in [1.82, 2.24) is 10.6 Å². The maximum absolute atomic E-state index is 12.5. The van der Waals surface area contributed by atoms with Gasteiger partial charge in [-0.2, -0.15) is 0 Å². The van der Waals surface area contributed by atoms with E-state index in [0.29, 0.717) is 11.4 Å². The van der Waals surface area contributed by atoms with Crippen LogP contribution >= 0.6 is 23.2 Å². The highest BCUT2D eigenvalue weighted by Crippen LogP contribution is 2.22. The number of carbonyl (C=O) groups is 3. The molecule has 1 aromatic rings. The van der Waals surface area contributed by atoms with Crippen LogP contribution in [-0.4, -0.2) is 36.0 Å². The van der Waals surface area contributed by atoms with E-state index in [-0.39, 0.29) is 28.5 Å². The molecule has 6 nitrogen and oxygen atoms in total. The number of rotatable bonds is 8. The summed E-state index contributed by atoms with van der Waals surface area (Å²) in [5.41, 5.74) is 0.210. The molecule has 1 aliphatic rings. The molecule has 8 heteroatoms. The zero-order valence-corrected chi connectivity index (χ0v) is 17.1. The van der Waals surface area contributed by atoms with Crippen molar-refractivity contribution in [3.63, 3.8) is 0 Å². The zero-order chi connectivity index (χ0) is 20.1. The Hall–Kier alpha value is -1.79. The second-order valence-corrected chi connectivity index (χ2v) is 7.99. The number of halogens is 2. The van der Waals surface area contributed by atoms with Crippen LogP contribution in [0, 0.1) is 5.92 Å². The predicted molar refractivity (Wildman–Crippen MR) is 104 cm³/mol. The number of hydrogen-bond donors (Lipinski definition) is 2. The topological polar surface area (TPSA) is 84.5 Å². The summed E-state index contributed by atoms with van der Waals surface area (Å²) >= 11 is 11.9. The van der Waals surface area contributed by atoms with Crippen molar-refractivity contribution >= 4 is 41.0 Å². The van der Waals surface area contributed by atoms with Gasteiger partial charge in [0.2, 0.25) is 0 Å². The third kappa shape index (κ3) is 6.70. The molecule has 0 aromatic heterocycles. The smallest absolute Gasteiger partial charge is 0.329 e. The normalized spacial score (nSPS) is 15.8. The Bertz CT molecular complexity index is 720. The minimum Gasteiger partial charge on any atom is -0.451 e. The van der Waals surface area contributed by atoms with E-state index >= 15 is 0 Å². The van der Waals surface area contributed by atoms with Crippen molar-refractivity contribution in [2.24, 2.45) is 5.92 Å². The number of ether oxygens (including phenoxy) is 1. The van der Waals surface area contributed by atoms with Gasteiger partial charge in [0.15, 0.2) is 6.10 Å². The Labute approximate surface area is 168 Å². The first-order chi connectivity index (χ1) is 12.7. The van der Waals surface area contributed by atoms with Crippen LogP contribution in [-0.2, 0) is 14.3 Å². The van der Waals surface area contributed by atoms with Crippen molar-refractivity contribution in [3.05, 3.63) is 33.8 Å². The van der Waals surface area contributed by atoms with Crippen LogP contribution in [0.3, 0.4) is 0 Å². The van der Waals surface area contributed by atoms with Gasteiger partial charge in [0.1, 0.15) is 6.04 Å². The second kappa shape index (κ2) is 9.42. The van der Waals surface area contributed by atoms with Gasteiger partial charge in [-0.25, -0.2) is 4.79 Å². The van der Waals surface area contributed by atoms with E-state index < -0.39 is 24.0 Å². The van der Waals surface area contributed by atoms with Crippen molar-refractivity contribution in [2.75, 3.05) is 0 Å². The Kier molecular flexibility index (Phi) is 7.50. The molecular formula is C19H24Cl2N2O4. The van der Waals surface area contributed by atoms with E-state index in [1.54, 1.807) is 6.07 Å². The van der Waals surface area contributed by atoms with Gasteiger partial charge >= 0.3 is 5.97 Å². The van der Waals surface area contributed by atoms with Gasteiger partial charge in [-0.05, 0) is 50.3 Å². The fourth-order valence-corrected chi connectivity index (χ4v) is 2.95. The number of nitrogens with one attached hydrogen (secondary N) is 2. The van der Waals surface area contributed by atoms with E-state index in [2.05, 4.69) is 10.6 Å². The number of amides is 2.